The van der Waals surface area contributed by atoms with Crippen molar-refractivity contribution in [1.82, 2.24) is 24.7 Å². The van der Waals surface area contributed by atoms with Crippen molar-refractivity contribution in [3.8, 4) is 0 Å². The van der Waals surface area contributed by atoms with Gasteiger partial charge in [-0.05, 0) is 50.8 Å². The van der Waals surface area contributed by atoms with Crippen LogP contribution in [-0.2, 0) is 13.1 Å². The molecule has 0 bridgehead atoms. The molecule has 7 heteroatoms. The fourth-order valence-electron chi connectivity index (χ4n) is 4.11. The highest BCUT2D eigenvalue weighted by Gasteiger charge is 2.19. The lowest BCUT2D eigenvalue weighted by molar-refractivity contribution is 0.120. The van der Waals surface area contributed by atoms with Crippen LogP contribution in [0.5, 0.6) is 0 Å². The summed E-state index contributed by atoms with van der Waals surface area (Å²) in [5.41, 5.74) is 2.36. The first kappa shape index (κ1) is 23.1. The van der Waals surface area contributed by atoms with Gasteiger partial charge in [-0.15, -0.1) is 0 Å². The molecule has 0 radical (unpaired) electrons. The van der Waals surface area contributed by atoms with E-state index in [1.54, 1.807) is 0 Å². The summed E-state index contributed by atoms with van der Waals surface area (Å²) in [7, 11) is 4.22. The molecule has 3 aromatic rings. The van der Waals surface area contributed by atoms with E-state index >= 15 is 0 Å². The number of halogens is 1. The van der Waals surface area contributed by atoms with E-state index in [2.05, 4.69) is 98.6 Å². The summed E-state index contributed by atoms with van der Waals surface area (Å²) in [6.07, 6.45) is 1.08. The minimum absolute atomic E-state index is 0.792. The molecule has 0 aliphatic carbocycles. The van der Waals surface area contributed by atoms with Crippen molar-refractivity contribution in [1.29, 1.82) is 0 Å². The second kappa shape index (κ2) is 11.2. The topological polar surface area (TPSA) is 47.5 Å². The van der Waals surface area contributed by atoms with Crippen LogP contribution in [0.1, 0.15) is 17.8 Å². The molecule has 0 unspecified atom stereocenters. The van der Waals surface area contributed by atoms with Crippen LogP contribution in [0.4, 0.5) is 5.82 Å². The van der Waals surface area contributed by atoms with Crippen molar-refractivity contribution in [3.05, 3.63) is 64.4 Å². The quantitative estimate of drug-likeness (QED) is 0.450. The zero-order valence-corrected chi connectivity index (χ0v) is 20.7. The summed E-state index contributed by atoms with van der Waals surface area (Å²) in [6.45, 7) is 7.94. The second-order valence-corrected chi connectivity index (χ2v) is 9.59. The van der Waals surface area contributed by atoms with Crippen LogP contribution in [0.15, 0.2) is 53.0 Å². The molecule has 32 heavy (non-hydrogen) atoms. The molecule has 6 nitrogen and oxygen atoms in total. The molecule has 0 amide bonds. The van der Waals surface area contributed by atoms with E-state index in [1.807, 2.05) is 0 Å². The van der Waals surface area contributed by atoms with Crippen LogP contribution in [0, 0.1) is 0 Å². The number of rotatable bonds is 9. The monoisotopic (exact) mass is 496 g/mol. The van der Waals surface area contributed by atoms with Gasteiger partial charge in [-0.3, -0.25) is 9.80 Å². The van der Waals surface area contributed by atoms with Crippen molar-refractivity contribution in [3.63, 3.8) is 0 Å². The fraction of sp³-hybridized carbons (Fsp3) is 0.440. The Hall–Kier alpha value is -2.06. The molecule has 2 heterocycles. The average molecular weight is 497 g/mol. The van der Waals surface area contributed by atoms with Crippen molar-refractivity contribution in [2.75, 3.05) is 58.7 Å². The smallest absolute Gasteiger partial charge is 0.145 e. The van der Waals surface area contributed by atoms with E-state index in [0.29, 0.717) is 0 Å². The summed E-state index contributed by atoms with van der Waals surface area (Å²) < 4.78 is 1.19. The van der Waals surface area contributed by atoms with Gasteiger partial charge < -0.3 is 10.2 Å². The Bertz CT molecular complexity index is 1020. The van der Waals surface area contributed by atoms with Crippen molar-refractivity contribution >= 4 is 32.7 Å². The SMILES string of the molecule is CN(C)CCCNc1nc(CN2CCN(Cc3ccccc3Br)CC2)nc2ccccc12. The number of nitrogens with one attached hydrogen (secondary N) is 1. The number of para-hydroxylation sites is 1. The van der Waals surface area contributed by atoms with Crippen LogP contribution in [0.25, 0.3) is 10.9 Å². The Morgan fingerprint density at radius 2 is 1.59 bits per heavy atom. The van der Waals surface area contributed by atoms with Gasteiger partial charge in [0.15, 0.2) is 0 Å². The summed E-state index contributed by atoms with van der Waals surface area (Å²) in [6, 6.07) is 16.8. The lowest BCUT2D eigenvalue weighted by Crippen LogP contribution is -2.45. The van der Waals surface area contributed by atoms with Crippen molar-refractivity contribution < 1.29 is 0 Å². The molecule has 0 saturated carbocycles. The van der Waals surface area contributed by atoms with Gasteiger partial charge in [0, 0.05) is 49.1 Å². The van der Waals surface area contributed by atoms with E-state index in [0.717, 1.165) is 81.3 Å². The maximum atomic E-state index is 4.91. The molecular formula is C25H33BrN6. The number of piperazine rings is 1. The average Bonchev–Trinajstić information content (AvgIpc) is 2.79. The predicted octanol–water partition coefficient (Wildman–Crippen LogP) is 4.07. The van der Waals surface area contributed by atoms with Gasteiger partial charge in [0.05, 0.1) is 12.1 Å². The van der Waals surface area contributed by atoms with Gasteiger partial charge >= 0.3 is 0 Å². The van der Waals surface area contributed by atoms with E-state index < -0.39 is 0 Å². The Morgan fingerprint density at radius 3 is 2.34 bits per heavy atom. The van der Waals surface area contributed by atoms with Crippen molar-refractivity contribution in [2.24, 2.45) is 0 Å². The highest BCUT2D eigenvalue weighted by atomic mass is 79.9. The first-order valence-electron chi connectivity index (χ1n) is 11.4. The number of fused-ring (bicyclic) bond motifs is 1. The Balaban J connectivity index is 1.37. The first-order chi connectivity index (χ1) is 15.6. The molecule has 1 aliphatic rings. The first-order valence-corrected chi connectivity index (χ1v) is 12.2. The summed E-state index contributed by atoms with van der Waals surface area (Å²) in [4.78, 5) is 17.0. The Labute approximate surface area is 199 Å². The predicted molar refractivity (Wildman–Crippen MR) is 136 cm³/mol. The highest BCUT2D eigenvalue weighted by molar-refractivity contribution is 9.10. The molecular weight excluding hydrogens is 464 g/mol. The summed E-state index contributed by atoms with van der Waals surface area (Å²) in [5, 5.41) is 4.65. The lowest BCUT2D eigenvalue weighted by atomic mass is 10.2. The molecule has 1 aromatic heterocycles. The summed E-state index contributed by atoms with van der Waals surface area (Å²) >= 11 is 3.67. The molecule has 170 valence electrons. The third-order valence-corrected chi connectivity index (χ3v) is 6.68. The van der Waals surface area contributed by atoms with E-state index in [1.165, 1.54) is 10.0 Å². The van der Waals surface area contributed by atoms with Gasteiger partial charge in [-0.2, -0.15) is 0 Å². The minimum atomic E-state index is 0.792. The highest BCUT2D eigenvalue weighted by Crippen LogP contribution is 2.22. The van der Waals surface area contributed by atoms with Crippen LogP contribution in [0.2, 0.25) is 0 Å². The number of aromatic nitrogens is 2. The van der Waals surface area contributed by atoms with E-state index in [-0.39, 0.29) is 0 Å². The zero-order chi connectivity index (χ0) is 22.3. The molecule has 1 saturated heterocycles. The molecule has 0 atom stereocenters. The third kappa shape index (κ3) is 6.25. The van der Waals surface area contributed by atoms with Gasteiger partial charge in [-0.1, -0.05) is 46.3 Å². The van der Waals surface area contributed by atoms with Crippen LogP contribution in [0.3, 0.4) is 0 Å². The third-order valence-electron chi connectivity index (χ3n) is 5.91. The Kier molecular flexibility index (Phi) is 8.08. The zero-order valence-electron chi connectivity index (χ0n) is 19.1. The van der Waals surface area contributed by atoms with Gasteiger partial charge in [0.1, 0.15) is 11.6 Å². The van der Waals surface area contributed by atoms with Gasteiger partial charge in [0.2, 0.25) is 0 Å². The van der Waals surface area contributed by atoms with Gasteiger partial charge in [0.25, 0.3) is 0 Å². The molecule has 0 spiro atoms. The minimum Gasteiger partial charge on any atom is -0.369 e. The normalized spacial score (nSPS) is 15.5. The Morgan fingerprint density at radius 1 is 0.906 bits per heavy atom. The lowest BCUT2D eigenvalue weighted by Gasteiger charge is -2.34. The largest absolute Gasteiger partial charge is 0.369 e. The molecule has 1 fully saturated rings. The van der Waals surface area contributed by atoms with E-state index in [4.69, 9.17) is 9.97 Å². The maximum absolute atomic E-state index is 4.91. The van der Waals surface area contributed by atoms with Crippen LogP contribution < -0.4 is 5.32 Å². The number of hydrogen-bond acceptors (Lipinski definition) is 6. The standard InChI is InChI=1S/C25H33BrN6/c1-30(2)13-7-12-27-25-21-9-4-6-11-23(21)28-24(29-25)19-32-16-14-31(15-17-32)18-20-8-3-5-10-22(20)26/h3-6,8-11H,7,12-19H2,1-2H3,(H,27,28,29). The molecule has 4 rings (SSSR count). The molecule has 1 N–H and O–H groups in total. The molecule has 2 aromatic carbocycles. The fourth-order valence-corrected chi connectivity index (χ4v) is 4.52. The van der Waals surface area contributed by atoms with Crippen LogP contribution >= 0.6 is 15.9 Å². The van der Waals surface area contributed by atoms with E-state index in [9.17, 15) is 0 Å². The second-order valence-electron chi connectivity index (χ2n) is 8.73. The van der Waals surface area contributed by atoms with Gasteiger partial charge in [-0.25, -0.2) is 9.97 Å². The van der Waals surface area contributed by atoms with Crippen molar-refractivity contribution in [2.45, 2.75) is 19.5 Å². The van der Waals surface area contributed by atoms with Crippen LogP contribution in [-0.4, -0.2) is 78.0 Å². The number of benzene rings is 2. The number of anilines is 1. The maximum Gasteiger partial charge on any atom is 0.145 e. The summed E-state index contributed by atoms with van der Waals surface area (Å²) in [5.74, 6) is 1.86. The number of nitrogens with zero attached hydrogens (tertiary/aromatic N) is 5. The number of hydrogen-bond donors (Lipinski definition) is 1. The molecule has 1 aliphatic heterocycles.